The third-order valence-corrected chi connectivity index (χ3v) is 4.44. The van der Waals surface area contributed by atoms with Gasteiger partial charge in [0.1, 0.15) is 0 Å². The maximum atomic E-state index is 11.4. The summed E-state index contributed by atoms with van der Waals surface area (Å²) in [7, 11) is -3.20. The molecule has 0 spiro atoms. The Morgan fingerprint density at radius 2 is 2.06 bits per heavy atom. The number of benzene rings is 1. The first kappa shape index (κ1) is 13.6. The zero-order valence-electron chi connectivity index (χ0n) is 10.3. The summed E-state index contributed by atoms with van der Waals surface area (Å²) in [6.07, 6.45) is 2.25. The van der Waals surface area contributed by atoms with Crippen LogP contribution in [-0.2, 0) is 9.84 Å². The second-order valence-electron chi connectivity index (χ2n) is 4.48. The third kappa shape index (κ3) is 3.16. The van der Waals surface area contributed by atoms with Crippen LogP contribution in [0.2, 0.25) is 5.02 Å². The third-order valence-electron chi connectivity index (χ3n) is 3.03. The lowest BCUT2D eigenvalue weighted by atomic mass is 10.2. The summed E-state index contributed by atoms with van der Waals surface area (Å²) in [6.45, 7) is 3.75. The summed E-state index contributed by atoms with van der Waals surface area (Å²) in [4.78, 5) is 2.46. The molecule has 2 rings (SSSR count). The van der Waals surface area contributed by atoms with Crippen LogP contribution in [0.25, 0.3) is 0 Å². The fourth-order valence-corrected chi connectivity index (χ4v) is 3.07. The van der Waals surface area contributed by atoms with E-state index in [2.05, 4.69) is 10.2 Å². The molecule has 1 aromatic carbocycles. The number of sulfone groups is 1. The number of hydrogen-bond acceptors (Lipinski definition) is 4. The molecule has 1 heterocycles. The normalized spacial score (nSPS) is 17.6. The van der Waals surface area contributed by atoms with E-state index < -0.39 is 9.84 Å². The quantitative estimate of drug-likeness (QED) is 0.897. The molecule has 0 aromatic heterocycles. The highest BCUT2D eigenvalue weighted by Crippen LogP contribution is 2.28. The molecule has 1 fully saturated rings. The summed E-state index contributed by atoms with van der Waals surface area (Å²) >= 11 is 6.20. The molecule has 1 aliphatic heterocycles. The lowest BCUT2D eigenvalue weighted by Gasteiger charge is -2.23. The number of nitrogens with zero attached hydrogens (tertiary/aromatic N) is 1. The van der Waals surface area contributed by atoms with Crippen molar-refractivity contribution in [2.45, 2.75) is 11.3 Å². The van der Waals surface area contributed by atoms with E-state index in [9.17, 15) is 8.42 Å². The highest BCUT2D eigenvalue weighted by molar-refractivity contribution is 7.90. The van der Waals surface area contributed by atoms with Crippen molar-refractivity contribution in [1.29, 1.82) is 0 Å². The van der Waals surface area contributed by atoms with Crippen molar-refractivity contribution in [2.24, 2.45) is 0 Å². The molecule has 1 saturated heterocycles. The van der Waals surface area contributed by atoms with Gasteiger partial charge in [-0.15, -0.1) is 0 Å². The van der Waals surface area contributed by atoms with Crippen LogP contribution in [0.15, 0.2) is 23.1 Å². The number of rotatable bonds is 2. The highest BCUT2D eigenvalue weighted by atomic mass is 35.5. The number of anilines is 1. The first-order valence-electron chi connectivity index (χ1n) is 5.94. The predicted octanol–water partition coefficient (Wildman–Crippen LogP) is 1.54. The van der Waals surface area contributed by atoms with Crippen molar-refractivity contribution in [3.05, 3.63) is 23.2 Å². The van der Waals surface area contributed by atoms with Crippen molar-refractivity contribution in [2.75, 3.05) is 37.3 Å². The van der Waals surface area contributed by atoms with Crippen LogP contribution in [-0.4, -0.2) is 40.9 Å². The van der Waals surface area contributed by atoms with Gasteiger partial charge in [-0.1, -0.05) is 11.6 Å². The van der Waals surface area contributed by atoms with Gasteiger partial charge in [-0.05, 0) is 31.2 Å². The van der Waals surface area contributed by atoms with Crippen LogP contribution in [0.4, 0.5) is 5.69 Å². The standard InChI is InChI=1S/C12H17ClN2O2S/c1-18(16,17)10-3-4-12(11(13)9-10)15-7-2-5-14-6-8-15/h3-4,9,14H,2,5-8H2,1H3. The minimum atomic E-state index is -3.20. The monoisotopic (exact) mass is 288 g/mol. The minimum Gasteiger partial charge on any atom is -0.369 e. The van der Waals surface area contributed by atoms with E-state index in [-0.39, 0.29) is 4.90 Å². The predicted molar refractivity (Wildman–Crippen MR) is 74.3 cm³/mol. The molecule has 0 bridgehead atoms. The topological polar surface area (TPSA) is 49.4 Å². The fraction of sp³-hybridized carbons (Fsp3) is 0.500. The van der Waals surface area contributed by atoms with Crippen molar-refractivity contribution >= 4 is 27.1 Å². The lowest BCUT2D eigenvalue weighted by molar-refractivity contribution is 0.602. The zero-order valence-corrected chi connectivity index (χ0v) is 11.9. The Bertz CT molecular complexity index is 523. The molecule has 1 aliphatic rings. The van der Waals surface area contributed by atoms with Crippen LogP contribution in [0.5, 0.6) is 0 Å². The Labute approximate surface area is 113 Å². The van der Waals surface area contributed by atoms with Gasteiger partial charge in [0.05, 0.1) is 15.6 Å². The Balaban J connectivity index is 2.29. The summed E-state index contributed by atoms with van der Waals surface area (Å²) < 4.78 is 22.9. The van der Waals surface area contributed by atoms with Crippen LogP contribution < -0.4 is 10.2 Å². The van der Waals surface area contributed by atoms with Gasteiger partial charge in [0.25, 0.3) is 0 Å². The van der Waals surface area contributed by atoms with Gasteiger partial charge in [-0.3, -0.25) is 0 Å². The smallest absolute Gasteiger partial charge is 0.175 e. The molecule has 0 unspecified atom stereocenters. The van der Waals surface area contributed by atoms with E-state index in [1.165, 1.54) is 12.3 Å². The SMILES string of the molecule is CS(=O)(=O)c1ccc(N2CCCNCC2)c(Cl)c1. The van der Waals surface area contributed by atoms with Gasteiger partial charge in [0, 0.05) is 25.9 Å². The van der Waals surface area contributed by atoms with Gasteiger partial charge < -0.3 is 10.2 Å². The maximum Gasteiger partial charge on any atom is 0.175 e. The van der Waals surface area contributed by atoms with Gasteiger partial charge >= 0.3 is 0 Å². The van der Waals surface area contributed by atoms with Crippen molar-refractivity contribution in [3.8, 4) is 0 Å². The van der Waals surface area contributed by atoms with E-state index >= 15 is 0 Å². The van der Waals surface area contributed by atoms with Crippen LogP contribution in [0.3, 0.4) is 0 Å². The van der Waals surface area contributed by atoms with E-state index in [1.807, 2.05) is 0 Å². The second kappa shape index (κ2) is 5.47. The largest absolute Gasteiger partial charge is 0.369 e. The molecule has 4 nitrogen and oxygen atoms in total. The van der Waals surface area contributed by atoms with Gasteiger partial charge in [0.15, 0.2) is 9.84 Å². The summed E-state index contributed by atoms with van der Waals surface area (Å²) in [6, 6.07) is 4.95. The lowest BCUT2D eigenvalue weighted by Crippen LogP contribution is -2.28. The van der Waals surface area contributed by atoms with Crippen LogP contribution in [0.1, 0.15) is 6.42 Å². The molecule has 1 N–H and O–H groups in total. The van der Waals surface area contributed by atoms with Crippen molar-refractivity contribution in [1.82, 2.24) is 5.32 Å². The molecule has 0 amide bonds. The molecule has 100 valence electrons. The molecule has 1 aromatic rings. The average Bonchev–Trinajstić information content (AvgIpc) is 2.56. The Morgan fingerprint density at radius 1 is 1.28 bits per heavy atom. The average molecular weight is 289 g/mol. The van der Waals surface area contributed by atoms with E-state index in [0.717, 1.165) is 38.3 Å². The number of hydrogen-bond donors (Lipinski definition) is 1. The first-order chi connectivity index (χ1) is 8.48. The van der Waals surface area contributed by atoms with Gasteiger partial charge in [-0.25, -0.2) is 8.42 Å². The minimum absolute atomic E-state index is 0.268. The summed E-state index contributed by atoms with van der Waals surface area (Å²) in [5.41, 5.74) is 0.910. The zero-order chi connectivity index (χ0) is 13.2. The molecular weight excluding hydrogens is 272 g/mol. The molecule has 0 aliphatic carbocycles. The van der Waals surface area contributed by atoms with E-state index in [1.54, 1.807) is 12.1 Å². The highest BCUT2D eigenvalue weighted by Gasteiger charge is 2.15. The first-order valence-corrected chi connectivity index (χ1v) is 8.21. The fourth-order valence-electron chi connectivity index (χ4n) is 2.06. The molecule has 0 atom stereocenters. The Hall–Kier alpha value is -0.780. The van der Waals surface area contributed by atoms with Gasteiger partial charge in [0.2, 0.25) is 0 Å². The molecule has 0 radical (unpaired) electrons. The molecule has 18 heavy (non-hydrogen) atoms. The molecule has 6 heteroatoms. The van der Waals surface area contributed by atoms with Crippen LogP contribution >= 0.6 is 11.6 Å². The van der Waals surface area contributed by atoms with Crippen LogP contribution in [0, 0.1) is 0 Å². The summed E-state index contributed by atoms with van der Waals surface area (Å²) in [5, 5.41) is 3.82. The Morgan fingerprint density at radius 3 is 2.72 bits per heavy atom. The van der Waals surface area contributed by atoms with Crippen molar-refractivity contribution in [3.63, 3.8) is 0 Å². The molecular formula is C12H17ClN2O2S. The number of halogens is 1. The Kier molecular flexibility index (Phi) is 4.14. The number of nitrogens with one attached hydrogen (secondary N) is 1. The van der Waals surface area contributed by atoms with Gasteiger partial charge in [-0.2, -0.15) is 0 Å². The van der Waals surface area contributed by atoms with E-state index in [0.29, 0.717) is 5.02 Å². The second-order valence-corrected chi connectivity index (χ2v) is 6.90. The molecule has 0 saturated carbocycles. The summed E-state index contributed by atoms with van der Waals surface area (Å²) in [5.74, 6) is 0. The van der Waals surface area contributed by atoms with E-state index in [4.69, 9.17) is 11.6 Å². The van der Waals surface area contributed by atoms with Crippen molar-refractivity contribution < 1.29 is 8.42 Å². The maximum absolute atomic E-state index is 11.4.